The first kappa shape index (κ1) is 19.2. The van der Waals surface area contributed by atoms with Crippen LogP contribution in [0.3, 0.4) is 0 Å². The van der Waals surface area contributed by atoms with Crippen molar-refractivity contribution in [1.82, 2.24) is 10.6 Å². The van der Waals surface area contributed by atoms with Crippen LogP contribution < -0.4 is 15.4 Å². The maximum Gasteiger partial charge on any atom is 0.269 e. The van der Waals surface area contributed by atoms with Gasteiger partial charge in [-0.3, -0.25) is 10.1 Å². The molecule has 0 saturated heterocycles. The number of guanidine groups is 1. The van der Waals surface area contributed by atoms with Crippen molar-refractivity contribution in [2.75, 3.05) is 13.7 Å². The lowest BCUT2D eigenvalue weighted by molar-refractivity contribution is -0.384. The number of aliphatic imine (C=N–C) groups is 1. The van der Waals surface area contributed by atoms with E-state index in [1.807, 2.05) is 24.3 Å². The summed E-state index contributed by atoms with van der Waals surface area (Å²) < 4.78 is 5.36. The Hall–Kier alpha value is -3.09. The maximum atomic E-state index is 10.7. The Bertz CT molecular complexity index is 745. The number of hydrogen-bond donors (Lipinski definition) is 2. The van der Waals surface area contributed by atoms with Gasteiger partial charge in [0, 0.05) is 30.8 Å². The minimum atomic E-state index is -0.407. The molecule has 2 aromatic carbocycles. The van der Waals surface area contributed by atoms with E-state index in [-0.39, 0.29) is 5.69 Å². The summed E-state index contributed by atoms with van der Waals surface area (Å²) in [6, 6.07) is 14.2. The lowest BCUT2D eigenvalue weighted by Gasteiger charge is -2.14. The summed E-state index contributed by atoms with van der Waals surface area (Å²) in [7, 11) is 1.65. The van der Waals surface area contributed by atoms with E-state index >= 15 is 0 Å². The van der Waals surface area contributed by atoms with E-state index in [9.17, 15) is 10.1 Å². The molecular weight excluding hydrogens is 332 g/mol. The predicted octanol–water partition coefficient (Wildman–Crippen LogP) is 3.25. The first-order valence-corrected chi connectivity index (χ1v) is 8.51. The van der Waals surface area contributed by atoms with Crippen LogP contribution >= 0.6 is 0 Å². The molecule has 0 atom stereocenters. The molecule has 0 radical (unpaired) electrons. The zero-order valence-corrected chi connectivity index (χ0v) is 15.1. The monoisotopic (exact) mass is 356 g/mol. The van der Waals surface area contributed by atoms with Gasteiger partial charge in [0.15, 0.2) is 5.96 Å². The van der Waals surface area contributed by atoms with Crippen molar-refractivity contribution in [3.8, 4) is 5.75 Å². The lowest BCUT2D eigenvalue weighted by Crippen LogP contribution is -2.37. The van der Waals surface area contributed by atoms with Crippen molar-refractivity contribution in [3.05, 3.63) is 69.8 Å². The van der Waals surface area contributed by atoms with Crippen molar-refractivity contribution >= 4 is 11.6 Å². The molecule has 7 nitrogen and oxygen atoms in total. The third kappa shape index (κ3) is 5.77. The molecule has 0 aliphatic heterocycles. The van der Waals surface area contributed by atoms with Crippen LogP contribution in [0.25, 0.3) is 0 Å². The van der Waals surface area contributed by atoms with Gasteiger partial charge in [-0.25, -0.2) is 4.99 Å². The van der Waals surface area contributed by atoms with E-state index in [1.165, 1.54) is 12.1 Å². The summed E-state index contributed by atoms with van der Waals surface area (Å²) in [5.41, 5.74) is 2.03. The van der Waals surface area contributed by atoms with E-state index in [1.54, 1.807) is 19.2 Å². The van der Waals surface area contributed by atoms with Crippen molar-refractivity contribution in [2.45, 2.75) is 26.4 Å². The second kappa shape index (κ2) is 10.0. The van der Waals surface area contributed by atoms with Gasteiger partial charge in [0.25, 0.3) is 5.69 Å². The first-order chi connectivity index (χ1) is 12.6. The molecule has 2 N–H and O–H groups in total. The number of non-ortho nitro benzene ring substituents is 1. The van der Waals surface area contributed by atoms with Gasteiger partial charge < -0.3 is 15.4 Å². The number of hydrogen-bond acceptors (Lipinski definition) is 4. The van der Waals surface area contributed by atoms with Crippen molar-refractivity contribution in [2.24, 2.45) is 4.99 Å². The topological polar surface area (TPSA) is 88.8 Å². The molecule has 0 spiro atoms. The highest BCUT2D eigenvalue weighted by molar-refractivity contribution is 5.79. The first-order valence-electron chi connectivity index (χ1n) is 8.51. The third-order valence-corrected chi connectivity index (χ3v) is 3.75. The average Bonchev–Trinajstić information content (AvgIpc) is 2.68. The van der Waals surface area contributed by atoms with Gasteiger partial charge in [-0.15, -0.1) is 0 Å². The van der Waals surface area contributed by atoms with Gasteiger partial charge in [-0.1, -0.05) is 37.3 Å². The van der Waals surface area contributed by atoms with Crippen molar-refractivity contribution in [1.29, 1.82) is 0 Å². The Morgan fingerprint density at radius 3 is 2.54 bits per heavy atom. The van der Waals surface area contributed by atoms with Crippen LogP contribution in [0.5, 0.6) is 5.75 Å². The van der Waals surface area contributed by atoms with Gasteiger partial charge in [-0.2, -0.15) is 0 Å². The maximum absolute atomic E-state index is 10.7. The van der Waals surface area contributed by atoms with Gasteiger partial charge in [0.1, 0.15) is 5.75 Å². The number of nitrogens with one attached hydrogen (secondary N) is 2. The summed E-state index contributed by atoms with van der Waals surface area (Å²) in [5, 5.41) is 17.3. The van der Waals surface area contributed by atoms with Gasteiger partial charge in [0.05, 0.1) is 18.6 Å². The molecule has 138 valence electrons. The molecule has 0 bridgehead atoms. The van der Waals surface area contributed by atoms with Gasteiger partial charge in [-0.05, 0) is 18.1 Å². The van der Waals surface area contributed by atoms with E-state index in [0.717, 1.165) is 29.8 Å². The molecule has 26 heavy (non-hydrogen) atoms. The Morgan fingerprint density at radius 1 is 1.15 bits per heavy atom. The quantitative estimate of drug-likeness (QED) is 0.328. The Balaban J connectivity index is 2.03. The molecule has 0 aromatic heterocycles. The zero-order valence-electron chi connectivity index (χ0n) is 15.1. The molecule has 0 saturated carbocycles. The molecular formula is C19H24N4O3. The van der Waals surface area contributed by atoms with E-state index in [2.05, 4.69) is 22.5 Å². The van der Waals surface area contributed by atoms with E-state index in [0.29, 0.717) is 19.0 Å². The van der Waals surface area contributed by atoms with Gasteiger partial charge in [0.2, 0.25) is 0 Å². The number of nitro groups is 1. The fourth-order valence-corrected chi connectivity index (χ4v) is 2.34. The average molecular weight is 356 g/mol. The summed E-state index contributed by atoms with van der Waals surface area (Å²) in [6.45, 7) is 3.90. The normalized spacial score (nSPS) is 11.1. The summed E-state index contributed by atoms with van der Waals surface area (Å²) in [5.74, 6) is 1.52. The fraction of sp³-hybridized carbons (Fsp3) is 0.316. The molecule has 0 aliphatic rings. The number of rotatable bonds is 8. The standard InChI is InChI=1S/C19H24N4O3/c1-3-12-20-19(22-14-16-6-4-5-7-18(16)26-2)21-13-15-8-10-17(11-9-15)23(24)25/h4-11H,3,12-14H2,1-2H3,(H2,20,21,22). The molecule has 7 heteroatoms. The largest absolute Gasteiger partial charge is 0.496 e. The summed E-state index contributed by atoms with van der Waals surface area (Å²) in [4.78, 5) is 14.9. The number of para-hydroxylation sites is 1. The Morgan fingerprint density at radius 2 is 1.88 bits per heavy atom. The molecule has 0 fully saturated rings. The summed E-state index contributed by atoms with van der Waals surface area (Å²) >= 11 is 0. The van der Waals surface area contributed by atoms with Crippen LogP contribution in [-0.4, -0.2) is 24.5 Å². The number of ether oxygens (including phenoxy) is 1. The van der Waals surface area contributed by atoms with Crippen LogP contribution in [0.4, 0.5) is 5.69 Å². The zero-order chi connectivity index (χ0) is 18.8. The number of methoxy groups -OCH3 is 1. The molecule has 0 heterocycles. The number of nitrogens with zero attached hydrogens (tertiary/aromatic N) is 2. The Labute approximate surface area is 153 Å². The predicted molar refractivity (Wildman–Crippen MR) is 102 cm³/mol. The molecule has 2 rings (SSSR count). The Kier molecular flexibility index (Phi) is 7.42. The SMILES string of the molecule is CCCNC(=NCc1ccc([N+](=O)[O-])cc1)NCc1ccccc1OC. The van der Waals surface area contributed by atoms with Crippen LogP contribution in [-0.2, 0) is 13.1 Å². The highest BCUT2D eigenvalue weighted by atomic mass is 16.6. The minimum absolute atomic E-state index is 0.0800. The van der Waals surface area contributed by atoms with Crippen molar-refractivity contribution < 1.29 is 9.66 Å². The number of nitro benzene ring substituents is 1. The minimum Gasteiger partial charge on any atom is -0.496 e. The van der Waals surface area contributed by atoms with Crippen molar-refractivity contribution in [3.63, 3.8) is 0 Å². The third-order valence-electron chi connectivity index (χ3n) is 3.75. The van der Waals surface area contributed by atoms with E-state index < -0.39 is 4.92 Å². The second-order valence-electron chi connectivity index (χ2n) is 5.68. The van der Waals surface area contributed by atoms with Crippen LogP contribution in [0.15, 0.2) is 53.5 Å². The highest BCUT2D eigenvalue weighted by Crippen LogP contribution is 2.16. The summed E-state index contributed by atoms with van der Waals surface area (Å²) in [6.07, 6.45) is 0.979. The molecule has 0 unspecified atom stereocenters. The van der Waals surface area contributed by atoms with E-state index in [4.69, 9.17) is 4.74 Å². The molecule has 0 aliphatic carbocycles. The second-order valence-corrected chi connectivity index (χ2v) is 5.68. The van der Waals surface area contributed by atoms with Gasteiger partial charge >= 0.3 is 0 Å². The molecule has 0 amide bonds. The lowest BCUT2D eigenvalue weighted by atomic mass is 10.2. The smallest absolute Gasteiger partial charge is 0.269 e. The molecule has 2 aromatic rings. The van der Waals surface area contributed by atoms with Crippen LogP contribution in [0.2, 0.25) is 0 Å². The number of benzene rings is 2. The fourth-order valence-electron chi connectivity index (χ4n) is 2.34. The highest BCUT2D eigenvalue weighted by Gasteiger charge is 2.05. The van der Waals surface area contributed by atoms with Crippen LogP contribution in [0.1, 0.15) is 24.5 Å². The van der Waals surface area contributed by atoms with Crippen LogP contribution in [0, 0.1) is 10.1 Å².